The van der Waals surface area contributed by atoms with Gasteiger partial charge in [-0.05, 0) is 47.0 Å². The van der Waals surface area contributed by atoms with Gasteiger partial charge in [0.25, 0.3) is 0 Å². The molecule has 0 aromatic carbocycles. The molecule has 0 spiro atoms. The van der Waals surface area contributed by atoms with E-state index in [1.165, 1.54) is 19.3 Å². The number of nitrogens with zero attached hydrogens (tertiary/aromatic N) is 2. The highest BCUT2D eigenvalue weighted by Crippen LogP contribution is 2.31. The molecule has 1 heterocycles. The van der Waals surface area contributed by atoms with Crippen molar-refractivity contribution in [1.29, 1.82) is 0 Å². The Kier molecular flexibility index (Phi) is 3.79. The molecule has 1 fully saturated rings. The second-order valence-corrected chi connectivity index (χ2v) is 5.68. The highest BCUT2D eigenvalue weighted by atomic mass is 79.9. The Morgan fingerprint density at radius 3 is 2.81 bits per heavy atom. The first-order chi connectivity index (χ1) is 7.66. The maximum absolute atomic E-state index is 4.25. The average molecular weight is 284 g/mol. The van der Waals surface area contributed by atoms with E-state index in [0.29, 0.717) is 6.04 Å². The van der Waals surface area contributed by atoms with E-state index >= 15 is 0 Å². The van der Waals surface area contributed by atoms with Crippen molar-refractivity contribution in [3.8, 4) is 0 Å². The molecule has 3 nitrogen and oxygen atoms in total. The zero-order valence-corrected chi connectivity index (χ0v) is 11.4. The van der Waals surface area contributed by atoms with E-state index in [1.807, 2.05) is 0 Å². The number of rotatable bonds is 2. The predicted octanol–water partition coefficient (Wildman–Crippen LogP) is 3.48. The van der Waals surface area contributed by atoms with Crippen LogP contribution >= 0.6 is 15.9 Å². The van der Waals surface area contributed by atoms with Crippen LogP contribution in [0.5, 0.6) is 0 Å². The number of hydrogen-bond donors (Lipinski definition) is 1. The van der Waals surface area contributed by atoms with Gasteiger partial charge in [-0.3, -0.25) is 0 Å². The van der Waals surface area contributed by atoms with E-state index in [4.69, 9.17) is 0 Å². The van der Waals surface area contributed by atoms with Crippen LogP contribution in [0.1, 0.15) is 33.1 Å². The molecule has 0 bridgehead atoms. The van der Waals surface area contributed by atoms with Crippen LogP contribution in [-0.2, 0) is 0 Å². The highest BCUT2D eigenvalue weighted by Gasteiger charge is 2.24. The number of halogens is 1. The molecule has 0 saturated heterocycles. The molecule has 1 aromatic heterocycles. The fourth-order valence-corrected chi connectivity index (χ4v) is 2.63. The molecule has 88 valence electrons. The minimum atomic E-state index is 0.553. The number of anilines is 1. The van der Waals surface area contributed by atoms with Crippen LogP contribution < -0.4 is 5.32 Å². The lowest BCUT2D eigenvalue weighted by Gasteiger charge is -2.32. The van der Waals surface area contributed by atoms with Crippen LogP contribution in [0, 0.1) is 11.8 Å². The largest absolute Gasteiger partial charge is 0.366 e. The Morgan fingerprint density at radius 2 is 2.12 bits per heavy atom. The summed E-state index contributed by atoms with van der Waals surface area (Å²) in [5.41, 5.74) is 0. The van der Waals surface area contributed by atoms with Crippen molar-refractivity contribution in [2.45, 2.75) is 39.2 Å². The van der Waals surface area contributed by atoms with Gasteiger partial charge in [-0.2, -0.15) is 0 Å². The third-order valence-corrected chi connectivity index (χ3v) is 4.19. The zero-order chi connectivity index (χ0) is 11.5. The summed E-state index contributed by atoms with van der Waals surface area (Å²) in [5, 5.41) is 3.50. The van der Waals surface area contributed by atoms with E-state index in [0.717, 1.165) is 22.1 Å². The van der Waals surface area contributed by atoms with Gasteiger partial charge in [0.2, 0.25) is 0 Å². The van der Waals surface area contributed by atoms with Crippen molar-refractivity contribution in [2.75, 3.05) is 5.32 Å². The predicted molar refractivity (Wildman–Crippen MR) is 69.3 cm³/mol. The van der Waals surface area contributed by atoms with E-state index in [9.17, 15) is 0 Å². The van der Waals surface area contributed by atoms with Crippen molar-refractivity contribution < 1.29 is 0 Å². The second-order valence-electron chi connectivity index (χ2n) is 4.83. The molecule has 3 unspecified atom stereocenters. The van der Waals surface area contributed by atoms with Gasteiger partial charge in [0.05, 0.1) is 4.47 Å². The van der Waals surface area contributed by atoms with Crippen LogP contribution in [0.25, 0.3) is 0 Å². The minimum absolute atomic E-state index is 0.553. The zero-order valence-electron chi connectivity index (χ0n) is 9.78. The van der Waals surface area contributed by atoms with Gasteiger partial charge in [-0.15, -0.1) is 0 Å². The summed E-state index contributed by atoms with van der Waals surface area (Å²) < 4.78 is 0.946. The van der Waals surface area contributed by atoms with Gasteiger partial charge in [0.1, 0.15) is 12.1 Å². The normalized spacial score (nSPS) is 30.1. The van der Waals surface area contributed by atoms with E-state index < -0.39 is 0 Å². The molecule has 4 heteroatoms. The van der Waals surface area contributed by atoms with Gasteiger partial charge >= 0.3 is 0 Å². The topological polar surface area (TPSA) is 37.8 Å². The second kappa shape index (κ2) is 5.13. The van der Waals surface area contributed by atoms with Gasteiger partial charge in [-0.1, -0.05) is 13.8 Å². The molecule has 1 aliphatic rings. The van der Waals surface area contributed by atoms with Crippen LogP contribution in [-0.4, -0.2) is 16.0 Å². The van der Waals surface area contributed by atoms with Crippen LogP contribution in [0.2, 0.25) is 0 Å². The lowest BCUT2D eigenvalue weighted by Crippen LogP contribution is -2.30. The lowest BCUT2D eigenvalue weighted by atomic mass is 9.79. The molecule has 16 heavy (non-hydrogen) atoms. The summed E-state index contributed by atoms with van der Waals surface area (Å²) in [4.78, 5) is 8.21. The van der Waals surface area contributed by atoms with Crippen LogP contribution in [0.15, 0.2) is 17.0 Å². The molecule has 1 saturated carbocycles. The Labute approximate surface area is 105 Å². The van der Waals surface area contributed by atoms with Gasteiger partial charge < -0.3 is 5.32 Å². The monoisotopic (exact) mass is 283 g/mol. The maximum Gasteiger partial charge on any atom is 0.143 e. The van der Waals surface area contributed by atoms with Gasteiger partial charge in [0, 0.05) is 12.2 Å². The van der Waals surface area contributed by atoms with Crippen molar-refractivity contribution in [2.24, 2.45) is 11.8 Å². The Bertz CT molecular complexity index is 356. The number of hydrogen-bond acceptors (Lipinski definition) is 3. The summed E-state index contributed by atoms with van der Waals surface area (Å²) in [6.07, 6.45) is 7.15. The molecule has 0 radical (unpaired) electrons. The van der Waals surface area contributed by atoms with Crippen molar-refractivity contribution >= 4 is 21.7 Å². The van der Waals surface area contributed by atoms with Crippen molar-refractivity contribution in [3.63, 3.8) is 0 Å². The SMILES string of the molecule is CC1CCC(Nc2ncncc2Br)CC1C. The Hall–Kier alpha value is -0.640. The van der Waals surface area contributed by atoms with E-state index in [2.05, 4.69) is 45.1 Å². The molecule has 0 aliphatic heterocycles. The Morgan fingerprint density at radius 1 is 1.31 bits per heavy atom. The summed E-state index contributed by atoms with van der Waals surface area (Å²) in [6.45, 7) is 4.69. The molecule has 1 aromatic rings. The van der Waals surface area contributed by atoms with Crippen molar-refractivity contribution in [1.82, 2.24) is 9.97 Å². The number of aromatic nitrogens is 2. The smallest absolute Gasteiger partial charge is 0.143 e. The highest BCUT2D eigenvalue weighted by molar-refractivity contribution is 9.10. The summed E-state index contributed by atoms with van der Waals surface area (Å²) in [5.74, 6) is 2.57. The third-order valence-electron chi connectivity index (χ3n) is 3.61. The molecule has 3 atom stereocenters. The molecular weight excluding hydrogens is 266 g/mol. The minimum Gasteiger partial charge on any atom is -0.366 e. The van der Waals surface area contributed by atoms with Crippen LogP contribution in [0.4, 0.5) is 5.82 Å². The first-order valence-corrected chi connectivity index (χ1v) is 6.68. The van der Waals surface area contributed by atoms with Crippen molar-refractivity contribution in [3.05, 3.63) is 17.0 Å². The third kappa shape index (κ3) is 2.73. The first-order valence-electron chi connectivity index (χ1n) is 5.89. The molecule has 2 rings (SSSR count). The lowest BCUT2D eigenvalue weighted by molar-refractivity contribution is 0.260. The summed E-state index contributed by atoms with van der Waals surface area (Å²) in [6, 6.07) is 0.553. The molecule has 1 N–H and O–H groups in total. The first kappa shape index (κ1) is 11.8. The fourth-order valence-electron chi connectivity index (χ4n) is 2.29. The summed E-state index contributed by atoms with van der Waals surface area (Å²) in [7, 11) is 0. The average Bonchev–Trinajstić information content (AvgIpc) is 2.27. The summed E-state index contributed by atoms with van der Waals surface area (Å²) >= 11 is 3.46. The quantitative estimate of drug-likeness (QED) is 0.903. The molecular formula is C12H18BrN3. The van der Waals surface area contributed by atoms with Gasteiger partial charge in [0.15, 0.2) is 0 Å². The maximum atomic E-state index is 4.25. The number of nitrogens with one attached hydrogen (secondary N) is 1. The van der Waals surface area contributed by atoms with E-state index in [-0.39, 0.29) is 0 Å². The van der Waals surface area contributed by atoms with E-state index in [1.54, 1.807) is 12.5 Å². The standard InChI is InChI=1S/C12H18BrN3/c1-8-3-4-10(5-9(8)2)16-12-11(13)6-14-7-15-12/h6-10H,3-5H2,1-2H3,(H,14,15,16). The Balaban J connectivity index is 1.98. The van der Waals surface area contributed by atoms with Crippen LogP contribution in [0.3, 0.4) is 0 Å². The fraction of sp³-hybridized carbons (Fsp3) is 0.667. The molecule has 1 aliphatic carbocycles. The van der Waals surface area contributed by atoms with Gasteiger partial charge in [-0.25, -0.2) is 9.97 Å². The molecule has 0 amide bonds.